The molecule has 6 aliphatic heterocycles. The Hall–Kier alpha value is -4.35. The molecule has 0 radical (unpaired) electrons. The van der Waals surface area contributed by atoms with E-state index in [2.05, 4.69) is 21.3 Å². The highest BCUT2D eigenvalue weighted by atomic mass is 16.7. The fourth-order valence-corrected chi connectivity index (χ4v) is 18.5. The van der Waals surface area contributed by atoms with Crippen LogP contribution in [0.2, 0.25) is 0 Å². The van der Waals surface area contributed by atoms with Crippen LogP contribution in [0.3, 0.4) is 0 Å². The van der Waals surface area contributed by atoms with Gasteiger partial charge in [0.15, 0.2) is 25.2 Å². The molecule has 664 valence electrons. The van der Waals surface area contributed by atoms with Gasteiger partial charge in [-0.1, -0.05) is 97.8 Å². The van der Waals surface area contributed by atoms with Crippen molar-refractivity contribution in [2.75, 3.05) is 85.5 Å². The SMILES string of the molecule is CC[C@H]1C[C@@H](C(=O)NCCNC(=O)CCOCCOCCC(=O)NCCCC(=O)[C@@H]2C[C@H](CC)[C@@H](O[C@@H]3O[C@@H](C)[C@@H](O)[C@@H](O)[C@@H]3O)[C@H](O[C@@H]3O[C@H](CO)[C@H](O)[C@H](O[C@@H](CC4CCCCC4)C(=O)N4CCC4)[C@H]3NC(C)=O)C2)C[C@@H](O[C@@H]2O[C@H](CO)C[C@H](O[C@@H](CC3CCCCC3)C(=O)N3CCC3)[C@H]2C)[C@@H]1O[C@@H]1O[C@@H](C)[C@@H](O)[C@@H](O)[C@@H]1O. The van der Waals surface area contributed by atoms with Crippen LogP contribution in [-0.2, 0) is 90.4 Å². The first-order valence-corrected chi connectivity index (χ1v) is 43.6. The van der Waals surface area contributed by atoms with Crippen molar-refractivity contribution in [2.45, 2.75) is 349 Å². The number of ketones is 1. The molecule has 0 unspecified atom stereocenters. The Morgan fingerprint density at radius 3 is 1.45 bits per heavy atom. The van der Waals surface area contributed by atoms with E-state index in [1.807, 2.05) is 25.7 Å². The molecule has 29 atom stereocenters. The zero-order chi connectivity index (χ0) is 83.3. The number of rotatable bonds is 41. The molecule has 13 N–H and O–H groups in total. The molecule has 0 aromatic heterocycles. The summed E-state index contributed by atoms with van der Waals surface area (Å²) < 4.78 is 76.2. The van der Waals surface area contributed by atoms with Crippen LogP contribution in [0.4, 0.5) is 0 Å². The van der Waals surface area contributed by atoms with Crippen LogP contribution in [0.25, 0.3) is 0 Å². The molecule has 34 nitrogen and oxygen atoms in total. The molecule has 4 aliphatic carbocycles. The van der Waals surface area contributed by atoms with E-state index in [-0.39, 0.29) is 138 Å². The summed E-state index contributed by atoms with van der Waals surface area (Å²) in [5, 5.41) is 110. The van der Waals surface area contributed by atoms with Gasteiger partial charge in [-0.25, -0.2) is 0 Å². The van der Waals surface area contributed by atoms with Crippen LogP contribution in [0.15, 0.2) is 0 Å². The maximum absolute atomic E-state index is 14.3. The Morgan fingerprint density at radius 2 is 0.957 bits per heavy atom. The largest absolute Gasteiger partial charge is 0.394 e. The fourth-order valence-electron chi connectivity index (χ4n) is 18.5. The summed E-state index contributed by atoms with van der Waals surface area (Å²) in [6.45, 7) is 12.4. The molecule has 4 saturated carbocycles. The topological polar surface area (TPSA) is 467 Å². The second-order valence-corrected chi connectivity index (χ2v) is 34.3. The van der Waals surface area contributed by atoms with E-state index < -0.39 is 183 Å². The number of aliphatic hydroxyl groups excluding tert-OH is 9. The van der Waals surface area contributed by atoms with Crippen LogP contribution in [-0.4, -0.2) is 330 Å². The molecule has 10 fully saturated rings. The van der Waals surface area contributed by atoms with Gasteiger partial charge >= 0.3 is 0 Å². The molecule has 10 aliphatic rings. The van der Waals surface area contributed by atoms with Gasteiger partial charge in [0.1, 0.15) is 79.0 Å². The first-order valence-electron chi connectivity index (χ1n) is 43.6. The monoisotopic (exact) mass is 1650 g/mol. The van der Waals surface area contributed by atoms with E-state index in [9.17, 15) is 79.5 Å². The zero-order valence-electron chi connectivity index (χ0n) is 68.9. The van der Waals surface area contributed by atoms with Gasteiger partial charge in [-0.3, -0.25) is 33.6 Å². The minimum Gasteiger partial charge on any atom is -0.394 e. The quantitative estimate of drug-likeness (QED) is 0.0377. The van der Waals surface area contributed by atoms with Gasteiger partial charge in [0, 0.05) is 96.2 Å². The predicted octanol–water partition coefficient (Wildman–Crippen LogP) is 0.805. The van der Waals surface area contributed by atoms with Gasteiger partial charge in [0.05, 0.1) is 88.5 Å². The number of nitrogens with one attached hydrogen (secondary N) is 4. The van der Waals surface area contributed by atoms with Crippen LogP contribution in [0, 0.1) is 41.4 Å². The number of nitrogens with zero attached hydrogens (tertiary/aromatic N) is 2. The first kappa shape index (κ1) is 93.9. The van der Waals surface area contributed by atoms with Crippen molar-refractivity contribution >= 4 is 41.2 Å². The van der Waals surface area contributed by atoms with Gasteiger partial charge in [-0.05, 0) is 95.3 Å². The minimum absolute atomic E-state index is 0.0179. The standard InChI is InChI=1S/C82H138N6O28/c1-7-51-38-53(40-58(73(51)115-81-71(100)69(98)66(95)46(4)107-81)113-80-65(86-48(6)91)75(68(97)62(44-90)114-80)111-61(78(104)88-30-17-31-88)37-50-20-13-10-14-21-50)56(92)22-15-25-83-63(93)23-32-105-34-35-106-33-24-64(94)84-26-27-85-76(102)54-39-52(8-2)74(116-82-72(101)70(99)67(96)47(5)108-82)59(41-54)112-79-45(3)57(42-55(43-89)109-79)110-60(77(103)87-28-16-29-87)36-49-18-11-9-12-19-49/h45-47,49-55,57-62,65-75,79-82,89-90,95-101H,7-44H2,1-6H3,(H,83,93)(H,84,94)(H,85,102)(H,86,91)/t45-,46+,47+,51+,52+,53-,54-,55+,57+,58-,59-,60+,61+,62-,65-,66-,67-,68+,69-,70-,71+,72+,73-,74-,75-,79+,80-,81+,82+/m1/s1. The minimum atomic E-state index is -1.68. The number of carbonyl (C=O) groups is 7. The lowest BCUT2D eigenvalue weighted by Gasteiger charge is -2.49. The van der Waals surface area contributed by atoms with Crippen LogP contribution in [0.5, 0.6) is 0 Å². The summed E-state index contributed by atoms with van der Waals surface area (Å²) in [6.07, 6.45) is -11.4. The molecule has 0 aromatic rings. The normalized spacial score (nSPS) is 37.2. The zero-order valence-corrected chi connectivity index (χ0v) is 68.9. The molecule has 10 rings (SSSR count). The molecule has 0 aromatic carbocycles. The average molecular weight is 1660 g/mol. The number of hydrogen-bond donors (Lipinski definition) is 13. The van der Waals surface area contributed by atoms with Crippen LogP contribution >= 0.6 is 0 Å². The van der Waals surface area contributed by atoms with E-state index in [0.29, 0.717) is 77.0 Å². The summed E-state index contributed by atoms with van der Waals surface area (Å²) in [4.78, 5) is 99.1. The van der Waals surface area contributed by atoms with Gasteiger partial charge < -0.3 is 134 Å². The summed E-state index contributed by atoms with van der Waals surface area (Å²) >= 11 is 0. The van der Waals surface area contributed by atoms with Crippen molar-refractivity contribution in [3.05, 3.63) is 0 Å². The second kappa shape index (κ2) is 46.2. The molecule has 116 heavy (non-hydrogen) atoms. The Bertz CT molecular complexity index is 3040. The van der Waals surface area contributed by atoms with Gasteiger partial charge in [0.25, 0.3) is 11.8 Å². The molecule has 6 saturated heterocycles. The van der Waals surface area contributed by atoms with Crippen molar-refractivity contribution < 1.29 is 136 Å². The number of carbonyl (C=O) groups excluding carboxylic acids is 7. The Kier molecular flexibility index (Phi) is 37.4. The van der Waals surface area contributed by atoms with Crippen molar-refractivity contribution in [1.29, 1.82) is 0 Å². The lowest BCUT2D eigenvalue weighted by molar-refractivity contribution is -0.338. The smallest absolute Gasteiger partial charge is 0.251 e. The van der Waals surface area contributed by atoms with E-state index in [1.165, 1.54) is 20.3 Å². The van der Waals surface area contributed by atoms with Crippen molar-refractivity contribution in [1.82, 2.24) is 31.1 Å². The summed E-state index contributed by atoms with van der Waals surface area (Å²) in [7, 11) is 0. The van der Waals surface area contributed by atoms with Gasteiger partial charge in [0.2, 0.25) is 23.6 Å². The predicted molar refractivity (Wildman–Crippen MR) is 412 cm³/mol. The highest BCUT2D eigenvalue weighted by Gasteiger charge is 2.55. The van der Waals surface area contributed by atoms with E-state index in [4.69, 9.17) is 56.8 Å². The highest BCUT2D eigenvalue weighted by Crippen LogP contribution is 2.44. The maximum Gasteiger partial charge on any atom is 0.251 e. The van der Waals surface area contributed by atoms with E-state index in [0.717, 1.165) is 70.6 Å². The molecule has 34 heteroatoms. The number of likely N-dealkylation sites (tertiary alicyclic amines) is 2. The molecular formula is C82H138N6O28. The number of ether oxygens (including phenoxy) is 12. The molecular weight excluding hydrogens is 1520 g/mol. The summed E-state index contributed by atoms with van der Waals surface area (Å²) in [5.74, 6) is -3.75. The third-order valence-electron chi connectivity index (χ3n) is 25.9. The summed E-state index contributed by atoms with van der Waals surface area (Å²) in [5.41, 5.74) is 0. The summed E-state index contributed by atoms with van der Waals surface area (Å²) in [6, 6.07) is -1.26. The van der Waals surface area contributed by atoms with E-state index >= 15 is 0 Å². The Morgan fingerprint density at radius 1 is 0.466 bits per heavy atom. The second-order valence-electron chi connectivity index (χ2n) is 34.3. The third-order valence-corrected chi connectivity index (χ3v) is 25.9. The molecule has 6 heterocycles. The Labute approximate surface area is 682 Å². The number of hydrogen-bond acceptors (Lipinski definition) is 28. The number of amides is 6. The highest BCUT2D eigenvalue weighted by molar-refractivity contribution is 5.83. The molecule has 0 spiro atoms. The van der Waals surface area contributed by atoms with Crippen molar-refractivity contribution in [2.24, 2.45) is 41.4 Å². The molecule has 6 amide bonds. The van der Waals surface area contributed by atoms with Crippen molar-refractivity contribution in [3.8, 4) is 0 Å². The molecule has 0 bridgehead atoms. The van der Waals surface area contributed by atoms with Gasteiger partial charge in [-0.15, -0.1) is 0 Å². The van der Waals surface area contributed by atoms with Gasteiger partial charge in [-0.2, -0.15) is 0 Å². The Balaban J connectivity index is 0.654. The lowest BCUT2D eigenvalue weighted by atomic mass is 9.74. The van der Waals surface area contributed by atoms with Crippen LogP contribution in [0.1, 0.15) is 202 Å². The fraction of sp³-hybridized carbons (Fsp3) is 0.915. The third kappa shape index (κ3) is 25.6. The van der Waals surface area contributed by atoms with Crippen LogP contribution < -0.4 is 21.3 Å². The first-order chi connectivity index (χ1) is 55.8. The average Bonchev–Trinajstić information content (AvgIpc) is 0.775. The number of Topliss-reactive ketones (excluding diaryl/α,β-unsaturated/α-hetero) is 1. The van der Waals surface area contributed by atoms with Crippen molar-refractivity contribution in [3.63, 3.8) is 0 Å². The number of aliphatic hydroxyl groups is 9. The van der Waals surface area contributed by atoms with E-state index in [1.54, 1.807) is 11.8 Å². The maximum atomic E-state index is 14.3. The lowest BCUT2D eigenvalue weighted by Crippen LogP contribution is -2.67.